The number of carbonyl (C=O) groups excluding carboxylic acids is 2. The highest BCUT2D eigenvalue weighted by molar-refractivity contribution is 6.08. The number of amides is 2. The molecule has 3 aromatic rings. The second-order valence-electron chi connectivity index (χ2n) is 7.16. The summed E-state index contributed by atoms with van der Waals surface area (Å²) in [6.07, 6.45) is -0.750. The number of fused-ring (bicyclic) bond motifs is 1. The Kier molecular flexibility index (Phi) is 5.39. The minimum atomic E-state index is -0.750. The van der Waals surface area contributed by atoms with Gasteiger partial charge in [-0.25, -0.2) is 0 Å². The lowest BCUT2D eigenvalue weighted by Crippen LogP contribution is -2.50. The van der Waals surface area contributed by atoms with E-state index < -0.39 is 6.10 Å². The van der Waals surface area contributed by atoms with E-state index in [0.717, 1.165) is 5.75 Å². The Hall–Kier alpha value is -3.80. The van der Waals surface area contributed by atoms with E-state index in [-0.39, 0.29) is 18.4 Å². The first-order valence-corrected chi connectivity index (χ1v) is 9.64. The number of ether oxygens (including phenoxy) is 2. The summed E-state index contributed by atoms with van der Waals surface area (Å²) in [6, 6.07) is 23.7. The van der Waals surface area contributed by atoms with Crippen molar-refractivity contribution in [3.05, 3.63) is 84.4 Å². The molecule has 0 N–H and O–H groups in total. The molecule has 1 aliphatic rings. The van der Waals surface area contributed by atoms with Gasteiger partial charge in [0.1, 0.15) is 17.2 Å². The van der Waals surface area contributed by atoms with Crippen molar-refractivity contribution in [1.29, 1.82) is 0 Å². The van der Waals surface area contributed by atoms with Crippen LogP contribution in [0, 0.1) is 0 Å². The van der Waals surface area contributed by atoms with Gasteiger partial charge in [0.15, 0.2) is 6.10 Å². The summed E-state index contributed by atoms with van der Waals surface area (Å²) >= 11 is 0. The van der Waals surface area contributed by atoms with Crippen molar-refractivity contribution in [3.63, 3.8) is 0 Å². The van der Waals surface area contributed by atoms with Crippen molar-refractivity contribution in [2.75, 3.05) is 25.5 Å². The number of para-hydroxylation sites is 3. The zero-order valence-corrected chi connectivity index (χ0v) is 16.8. The maximum Gasteiger partial charge on any atom is 0.265 e. The minimum Gasteiger partial charge on any atom is -0.476 e. The second-order valence-corrected chi connectivity index (χ2v) is 7.16. The fraction of sp³-hybridized carbons (Fsp3) is 0.167. The van der Waals surface area contributed by atoms with Gasteiger partial charge in [-0.3, -0.25) is 9.59 Å². The lowest BCUT2D eigenvalue weighted by Gasteiger charge is -2.35. The standard InChI is InChI=1S/C24H22N2O4/c1-25(2)24(28)22-16-26(20-10-6-7-11-21(20)30-22)23(27)17-12-14-19(15-13-17)29-18-8-4-3-5-9-18/h3-15,22H,16H2,1-2H3/t22-/m1/s1. The first kappa shape index (κ1) is 19.5. The molecule has 30 heavy (non-hydrogen) atoms. The summed E-state index contributed by atoms with van der Waals surface area (Å²) < 4.78 is 11.6. The number of benzene rings is 3. The van der Waals surface area contributed by atoms with Crippen molar-refractivity contribution >= 4 is 17.5 Å². The number of nitrogens with zero attached hydrogens (tertiary/aromatic N) is 2. The van der Waals surface area contributed by atoms with E-state index >= 15 is 0 Å². The Labute approximate surface area is 175 Å². The van der Waals surface area contributed by atoms with Crippen LogP contribution in [0.4, 0.5) is 5.69 Å². The van der Waals surface area contributed by atoms with Crippen LogP contribution in [-0.4, -0.2) is 43.5 Å². The van der Waals surface area contributed by atoms with Crippen LogP contribution in [0.15, 0.2) is 78.9 Å². The fourth-order valence-electron chi connectivity index (χ4n) is 3.29. The predicted octanol–water partition coefficient (Wildman–Crippen LogP) is 3.97. The highest BCUT2D eigenvalue weighted by Crippen LogP contribution is 2.34. The minimum absolute atomic E-state index is 0.148. The molecule has 0 radical (unpaired) electrons. The third-order valence-electron chi connectivity index (χ3n) is 4.82. The van der Waals surface area contributed by atoms with E-state index in [0.29, 0.717) is 22.7 Å². The van der Waals surface area contributed by atoms with Gasteiger partial charge in [0.25, 0.3) is 11.8 Å². The molecule has 4 rings (SSSR count). The molecular formula is C24H22N2O4. The van der Waals surface area contributed by atoms with Crippen molar-refractivity contribution < 1.29 is 19.1 Å². The first-order valence-electron chi connectivity index (χ1n) is 9.64. The van der Waals surface area contributed by atoms with Crippen LogP contribution < -0.4 is 14.4 Å². The predicted molar refractivity (Wildman–Crippen MR) is 114 cm³/mol. The van der Waals surface area contributed by atoms with Crippen LogP contribution in [0.3, 0.4) is 0 Å². The Morgan fingerprint density at radius 1 is 0.900 bits per heavy atom. The van der Waals surface area contributed by atoms with Gasteiger partial charge in [0, 0.05) is 19.7 Å². The van der Waals surface area contributed by atoms with Gasteiger partial charge in [-0.2, -0.15) is 0 Å². The largest absolute Gasteiger partial charge is 0.476 e. The molecule has 0 aromatic heterocycles. The molecule has 0 fully saturated rings. The maximum absolute atomic E-state index is 13.3. The third-order valence-corrected chi connectivity index (χ3v) is 4.82. The highest BCUT2D eigenvalue weighted by atomic mass is 16.5. The molecule has 0 unspecified atom stereocenters. The summed E-state index contributed by atoms with van der Waals surface area (Å²) in [5.41, 5.74) is 1.15. The molecule has 6 heteroatoms. The summed E-state index contributed by atoms with van der Waals surface area (Å²) in [6.45, 7) is 0.148. The molecule has 0 spiro atoms. The van der Waals surface area contributed by atoms with Crippen LogP contribution in [0.1, 0.15) is 10.4 Å². The molecule has 152 valence electrons. The molecule has 0 saturated carbocycles. The number of rotatable bonds is 4. The molecule has 0 bridgehead atoms. The topological polar surface area (TPSA) is 59.1 Å². The zero-order chi connectivity index (χ0) is 21.1. The van der Waals surface area contributed by atoms with Gasteiger partial charge in [0.05, 0.1) is 12.2 Å². The molecule has 1 heterocycles. The van der Waals surface area contributed by atoms with Gasteiger partial charge >= 0.3 is 0 Å². The molecule has 0 saturated heterocycles. The zero-order valence-electron chi connectivity index (χ0n) is 16.8. The second kappa shape index (κ2) is 8.29. The SMILES string of the molecule is CN(C)C(=O)[C@H]1CN(C(=O)c2ccc(Oc3ccccc3)cc2)c2ccccc2O1. The molecule has 1 atom stereocenters. The van der Waals surface area contributed by atoms with E-state index in [1.54, 1.807) is 49.3 Å². The van der Waals surface area contributed by atoms with Crippen LogP contribution in [0.5, 0.6) is 17.2 Å². The van der Waals surface area contributed by atoms with E-state index in [1.165, 1.54) is 4.90 Å². The van der Waals surface area contributed by atoms with Crippen LogP contribution >= 0.6 is 0 Å². The number of hydrogen-bond donors (Lipinski definition) is 0. The van der Waals surface area contributed by atoms with Gasteiger partial charge in [-0.05, 0) is 48.5 Å². The smallest absolute Gasteiger partial charge is 0.265 e. The molecule has 1 aliphatic heterocycles. The van der Waals surface area contributed by atoms with Gasteiger partial charge in [-0.15, -0.1) is 0 Å². The van der Waals surface area contributed by atoms with Gasteiger partial charge in [-0.1, -0.05) is 30.3 Å². The Morgan fingerprint density at radius 2 is 1.53 bits per heavy atom. The molecule has 0 aliphatic carbocycles. The first-order chi connectivity index (χ1) is 14.5. The molecule has 6 nitrogen and oxygen atoms in total. The quantitative estimate of drug-likeness (QED) is 0.663. The monoisotopic (exact) mass is 402 g/mol. The number of likely N-dealkylation sites (N-methyl/N-ethyl adjacent to an activating group) is 1. The van der Waals surface area contributed by atoms with Crippen molar-refractivity contribution in [3.8, 4) is 17.2 Å². The molecule has 3 aromatic carbocycles. The maximum atomic E-state index is 13.3. The summed E-state index contributed by atoms with van der Waals surface area (Å²) in [4.78, 5) is 28.8. The van der Waals surface area contributed by atoms with Crippen LogP contribution in [0.25, 0.3) is 0 Å². The average molecular weight is 402 g/mol. The summed E-state index contributed by atoms with van der Waals surface area (Å²) in [5.74, 6) is 1.49. The number of hydrogen-bond acceptors (Lipinski definition) is 4. The van der Waals surface area contributed by atoms with E-state index in [9.17, 15) is 9.59 Å². The Balaban J connectivity index is 1.57. The molecule has 2 amide bonds. The lowest BCUT2D eigenvalue weighted by atomic mass is 10.1. The van der Waals surface area contributed by atoms with Crippen molar-refractivity contribution in [1.82, 2.24) is 4.90 Å². The van der Waals surface area contributed by atoms with Crippen LogP contribution in [0.2, 0.25) is 0 Å². The number of anilines is 1. The highest BCUT2D eigenvalue weighted by Gasteiger charge is 2.34. The molecular weight excluding hydrogens is 380 g/mol. The van der Waals surface area contributed by atoms with Crippen molar-refractivity contribution in [2.45, 2.75) is 6.10 Å². The normalized spacial score (nSPS) is 15.0. The number of carbonyl (C=O) groups is 2. The van der Waals surface area contributed by atoms with Gasteiger partial charge in [0.2, 0.25) is 0 Å². The van der Waals surface area contributed by atoms with Crippen molar-refractivity contribution in [2.24, 2.45) is 0 Å². The average Bonchev–Trinajstić information content (AvgIpc) is 2.78. The fourth-order valence-corrected chi connectivity index (χ4v) is 3.29. The third kappa shape index (κ3) is 3.98. The lowest BCUT2D eigenvalue weighted by molar-refractivity contribution is -0.135. The Morgan fingerprint density at radius 3 is 2.23 bits per heavy atom. The van der Waals surface area contributed by atoms with E-state index in [4.69, 9.17) is 9.47 Å². The van der Waals surface area contributed by atoms with E-state index in [2.05, 4.69) is 0 Å². The Bertz CT molecular complexity index is 1050. The summed E-state index contributed by atoms with van der Waals surface area (Å²) in [5, 5.41) is 0. The summed E-state index contributed by atoms with van der Waals surface area (Å²) in [7, 11) is 3.34. The van der Waals surface area contributed by atoms with Crippen LogP contribution in [-0.2, 0) is 4.79 Å². The van der Waals surface area contributed by atoms with E-state index in [1.807, 2.05) is 48.5 Å². The van der Waals surface area contributed by atoms with Gasteiger partial charge < -0.3 is 19.3 Å².